The minimum Gasteiger partial charge on any atom is -0.507 e. The van der Waals surface area contributed by atoms with Gasteiger partial charge in [-0.05, 0) is 49.7 Å². The van der Waals surface area contributed by atoms with E-state index in [4.69, 9.17) is 0 Å². The van der Waals surface area contributed by atoms with Crippen LogP contribution in [-0.4, -0.2) is 34.2 Å². The van der Waals surface area contributed by atoms with E-state index < -0.39 is 5.82 Å². The van der Waals surface area contributed by atoms with Crippen LogP contribution in [-0.2, 0) is 0 Å². The molecule has 4 rings (SSSR count). The molecule has 2 heterocycles. The van der Waals surface area contributed by atoms with Crippen molar-refractivity contribution >= 4 is 16.7 Å². The molecule has 0 saturated carbocycles. The number of anilines is 1. The Balaban J connectivity index is 1.79. The molecule has 0 radical (unpaired) electrons. The largest absolute Gasteiger partial charge is 0.507 e. The molecule has 134 valence electrons. The first-order valence-electron chi connectivity index (χ1n) is 8.93. The van der Waals surface area contributed by atoms with Crippen molar-refractivity contribution in [1.29, 1.82) is 0 Å². The summed E-state index contributed by atoms with van der Waals surface area (Å²) in [5.74, 6) is 0.550. The summed E-state index contributed by atoms with van der Waals surface area (Å²) in [6, 6.07) is 11.8. The first kappa shape index (κ1) is 16.7. The minimum absolute atomic E-state index is 0.0382. The quantitative estimate of drug-likeness (QED) is 0.671. The summed E-state index contributed by atoms with van der Waals surface area (Å²) >= 11 is 0. The number of phenols is 1. The second kappa shape index (κ2) is 7.25. The van der Waals surface area contributed by atoms with Gasteiger partial charge in [0.05, 0.1) is 11.1 Å². The van der Waals surface area contributed by atoms with E-state index in [-0.39, 0.29) is 17.4 Å². The van der Waals surface area contributed by atoms with Gasteiger partial charge in [0.1, 0.15) is 17.4 Å². The van der Waals surface area contributed by atoms with Crippen molar-refractivity contribution in [3.8, 4) is 17.1 Å². The number of halogens is 1. The molecule has 26 heavy (non-hydrogen) atoms. The van der Waals surface area contributed by atoms with E-state index >= 15 is 0 Å². The topological polar surface area (TPSA) is 70.1 Å². The highest BCUT2D eigenvalue weighted by atomic mass is 19.1. The van der Waals surface area contributed by atoms with E-state index in [1.807, 2.05) is 24.3 Å². The molecule has 1 fully saturated rings. The van der Waals surface area contributed by atoms with Crippen LogP contribution in [0.3, 0.4) is 0 Å². The molecule has 1 aliphatic heterocycles. The van der Waals surface area contributed by atoms with Crippen LogP contribution in [0.4, 0.5) is 10.2 Å². The monoisotopic (exact) mass is 352 g/mol. The highest BCUT2D eigenvalue weighted by Gasteiger charge is 2.17. The van der Waals surface area contributed by atoms with Gasteiger partial charge in [-0.15, -0.1) is 0 Å². The van der Waals surface area contributed by atoms with Gasteiger partial charge in [0.15, 0.2) is 5.82 Å². The molecule has 0 spiro atoms. The first-order valence-corrected chi connectivity index (χ1v) is 8.93. The van der Waals surface area contributed by atoms with Gasteiger partial charge in [0.25, 0.3) is 0 Å². The predicted octanol–water partition coefficient (Wildman–Crippen LogP) is 3.70. The maximum atomic E-state index is 13.7. The minimum atomic E-state index is -0.433. The Bertz CT molecular complexity index is 923. The van der Waals surface area contributed by atoms with Gasteiger partial charge >= 0.3 is 0 Å². The molecular formula is C20H21FN4O. The number of hydrogen-bond donors (Lipinski definition) is 3. The lowest BCUT2D eigenvalue weighted by atomic mass is 10.1. The van der Waals surface area contributed by atoms with E-state index in [1.165, 1.54) is 24.6 Å². The smallest absolute Gasteiger partial charge is 0.165 e. The molecule has 1 saturated heterocycles. The standard InChI is InChI=1S/C20H21FN4O/c21-13-8-9-18(26)16(11-13)20-24-17-7-2-1-6-15(17)19(25-20)23-14-5-3-4-10-22-12-14/h1-2,6-9,11,14,22,26H,3-5,10,12H2,(H,23,24,25). The fourth-order valence-corrected chi connectivity index (χ4v) is 3.33. The number of fused-ring (bicyclic) bond motifs is 1. The second-order valence-corrected chi connectivity index (χ2v) is 6.62. The zero-order valence-electron chi connectivity index (χ0n) is 14.4. The molecule has 6 heteroatoms. The van der Waals surface area contributed by atoms with Crippen molar-refractivity contribution in [2.24, 2.45) is 0 Å². The van der Waals surface area contributed by atoms with E-state index in [1.54, 1.807) is 0 Å². The first-order chi connectivity index (χ1) is 12.7. The molecule has 2 aromatic carbocycles. The van der Waals surface area contributed by atoms with Crippen LogP contribution in [0.2, 0.25) is 0 Å². The number of aromatic nitrogens is 2. The van der Waals surface area contributed by atoms with Crippen LogP contribution in [0.1, 0.15) is 19.3 Å². The molecule has 0 amide bonds. The molecule has 1 aromatic heterocycles. The van der Waals surface area contributed by atoms with Crippen molar-refractivity contribution in [2.45, 2.75) is 25.3 Å². The van der Waals surface area contributed by atoms with Crippen LogP contribution in [0.5, 0.6) is 5.75 Å². The number of hydrogen-bond acceptors (Lipinski definition) is 5. The number of nitrogens with one attached hydrogen (secondary N) is 2. The van der Waals surface area contributed by atoms with Gasteiger partial charge in [-0.2, -0.15) is 0 Å². The fourth-order valence-electron chi connectivity index (χ4n) is 3.33. The summed E-state index contributed by atoms with van der Waals surface area (Å²) in [6.07, 6.45) is 3.39. The van der Waals surface area contributed by atoms with E-state index in [2.05, 4.69) is 20.6 Å². The summed E-state index contributed by atoms with van der Waals surface area (Å²) in [5, 5.41) is 18.0. The molecular weight excluding hydrogens is 331 g/mol. The Labute approximate surface area is 151 Å². The Kier molecular flexibility index (Phi) is 4.67. The van der Waals surface area contributed by atoms with E-state index in [9.17, 15) is 9.50 Å². The number of rotatable bonds is 3. The highest BCUT2D eigenvalue weighted by Crippen LogP contribution is 2.31. The molecule has 3 N–H and O–H groups in total. The molecule has 1 atom stereocenters. The van der Waals surface area contributed by atoms with E-state index in [0.717, 1.165) is 36.8 Å². The molecule has 1 aliphatic rings. The predicted molar refractivity (Wildman–Crippen MR) is 101 cm³/mol. The van der Waals surface area contributed by atoms with Crippen molar-refractivity contribution in [3.63, 3.8) is 0 Å². The maximum Gasteiger partial charge on any atom is 0.165 e. The summed E-state index contributed by atoms with van der Waals surface area (Å²) in [5.41, 5.74) is 1.04. The molecule has 0 aliphatic carbocycles. The Morgan fingerprint density at radius 2 is 2.00 bits per heavy atom. The average Bonchev–Trinajstić information content (AvgIpc) is 2.92. The normalized spacial score (nSPS) is 17.8. The van der Waals surface area contributed by atoms with Crippen molar-refractivity contribution < 1.29 is 9.50 Å². The van der Waals surface area contributed by atoms with E-state index in [0.29, 0.717) is 11.6 Å². The third-order valence-electron chi connectivity index (χ3n) is 4.69. The van der Waals surface area contributed by atoms with Crippen LogP contribution >= 0.6 is 0 Å². The van der Waals surface area contributed by atoms with Crippen LogP contribution in [0.15, 0.2) is 42.5 Å². The Morgan fingerprint density at radius 1 is 1.12 bits per heavy atom. The number of nitrogens with zero attached hydrogens (tertiary/aromatic N) is 2. The zero-order chi connectivity index (χ0) is 17.9. The summed E-state index contributed by atoms with van der Waals surface area (Å²) < 4.78 is 13.7. The summed E-state index contributed by atoms with van der Waals surface area (Å²) in [7, 11) is 0. The SMILES string of the molecule is Oc1ccc(F)cc1-c1nc(NC2CCCCNC2)c2ccccc2n1. The number of benzene rings is 2. The van der Waals surface area contributed by atoms with Crippen LogP contribution in [0.25, 0.3) is 22.3 Å². The van der Waals surface area contributed by atoms with Gasteiger partial charge in [0.2, 0.25) is 0 Å². The lowest BCUT2D eigenvalue weighted by molar-refractivity contribution is 0.475. The lowest BCUT2D eigenvalue weighted by Crippen LogP contribution is -2.31. The molecule has 5 nitrogen and oxygen atoms in total. The number of para-hydroxylation sites is 1. The Hall–Kier alpha value is -2.73. The van der Waals surface area contributed by atoms with Crippen molar-refractivity contribution in [2.75, 3.05) is 18.4 Å². The lowest BCUT2D eigenvalue weighted by Gasteiger charge is -2.19. The van der Waals surface area contributed by atoms with Crippen molar-refractivity contribution in [3.05, 3.63) is 48.3 Å². The van der Waals surface area contributed by atoms with Gasteiger partial charge < -0.3 is 15.7 Å². The van der Waals surface area contributed by atoms with Gasteiger partial charge in [0, 0.05) is 18.0 Å². The fraction of sp³-hybridized carbons (Fsp3) is 0.300. The van der Waals surface area contributed by atoms with Gasteiger partial charge in [-0.3, -0.25) is 0 Å². The third-order valence-corrected chi connectivity index (χ3v) is 4.69. The van der Waals surface area contributed by atoms with Crippen molar-refractivity contribution in [1.82, 2.24) is 15.3 Å². The number of phenolic OH excluding ortho intramolecular Hbond substituents is 1. The van der Waals surface area contributed by atoms with Gasteiger partial charge in [-0.1, -0.05) is 18.6 Å². The summed E-state index contributed by atoms with van der Waals surface area (Å²) in [6.45, 7) is 1.91. The molecule has 3 aromatic rings. The third kappa shape index (κ3) is 3.46. The van der Waals surface area contributed by atoms with Gasteiger partial charge in [-0.25, -0.2) is 14.4 Å². The molecule has 1 unspecified atom stereocenters. The number of aromatic hydroxyl groups is 1. The van der Waals surface area contributed by atoms with Crippen LogP contribution in [0, 0.1) is 5.82 Å². The average molecular weight is 352 g/mol. The Morgan fingerprint density at radius 3 is 2.92 bits per heavy atom. The zero-order valence-corrected chi connectivity index (χ0v) is 14.4. The van der Waals surface area contributed by atoms with Crippen LogP contribution < -0.4 is 10.6 Å². The molecule has 0 bridgehead atoms. The summed E-state index contributed by atoms with van der Waals surface area (Å²) in [4.78, 5) is 9.15. The highest BCUT2D eigenvalue weighted by molar-refractivity contribution is 5.91. The second-order valence-electron chi connectivity index (χ2n) is 6.62. The maximum absolute atomic E-state index is 13.7.